The molecule has 0 unspecified atom stereocenters. The van der Waals surface area contributed by atoms with Crippen LogP contribution in [0.1, 0.15) is 63.1 Å². The van der Waals surface area contributed by atoms with Gasteiger partial charge in [0.25, 0.3) is 0 Å². The van der Waals surface area contributed by atoms with Gasteiger partial charge in [0, 0.05) is 32.9 Å². The minimum atomic E-state index is 0.152. The lowest BCUT2D eigenvalue weighted by atomic mass is 9.72. The highest BCUT2D eigenvalue weighted by atomic mass is 16.5. The van der Waals surface area contributed by atoms with E-state index in [0.717, 1.165) is 19.7 Å². The summed E-state index contributed by atoms with van der Waals surface area (Å²) in [5, 5.41) is 4.72. The maximum Gasteiger partial charge on any atom is 0.0799 e. The molecule has 1 aromatic heterocycles. The second kappa shape index (κ2) is 6.77. The van der Waals surface area contributed by atoms with Crippen LogP contribution in [-0.2, 0) is 18.3 Å². The van der Waals surface area contributed by atoms with E-state index in [4.69, 9.17) is 15.6 Å². The highest BCUT2D eigenvalue weighted by molar-refractivity contribution is 5.23. The molecule has 2 aliphatic rings. The van der Waals surface area contributed by atoms with Crippen LogP contribution < -0.4 is 5.73 Å². The van der Waals surface area contributed by atoms with Gasteiger partial charge in [0.2, 0.25) is 0 Å². The first-order valence-corrected chi connectivity index (χ1v) is 9.37. The van der Waals surface area contributed by atoms with Crippen molar-refractivity contribution in [3.05, 3.63) is 17.5 Å². The number of nitrogens with zero attached hydrogens (tertiary/aromatic N) is 3. The minimum absolute atomic E-state index is 0.152. The van der Waals surface area contributed by atoms with E-state index in [-0.39, 0.29) is 5.60 Å². The molecular formula is C19H34N4O. The van der Waals surface area contributed by atoms with Gasteiger partial charge in [-0.15, -0.1) is 0 Å². The van der Waals surface area contributed by atoms with Gasteiger partial charge < -0.3 is 10.5 Å². The van der Waals surface area contributed by atoms with Crippen LogP contribution in [0.15, 0.2) is 6.20 Å². The maximum atomic E-state index is 6.27. The van der Waals surface area contributed by atoms with Gasteiger partial charge in [-0.25, -0.2) is 0 Å². The quantitative estimate of drug-likeness (QED) is 0.899. The molecule has 1 aliphatic carbocycles. The number of likely N-dealkylation sites (N-methyl/N-ethyl adjacent to an activating group) is 1. The fourth-order valence-electron chi connectivity index (χ4n) is 4.67. The molecular weight excluding hydrogens is 300 g/mol. The van der Waals surface area contributed by atoms with Crippen LogP contribution in [0.5, 0.6) is 0 Å². The summed E-state index contributed by atoms with van der Waals surface area (Å²) in [4.78, 5) is 2.26. The zero-order chi connectivity index (χ0) is 17.4. The van der Waals surface area contributed by atoms with Crippen molar-refractivity contribution in [1.82, 2.24) is 14.7 Å². The molecule has 1 aromatic rings. The van der Waals surface area contributed by atoms with Gasteiger partial charge in [-0.05, 0) is 56.0 Å². The second-order valence-corrected chi connectivity index (χ2v) is 8.82. The molecule has 0 aromatic carbocycles. The SMILES string of the molecule is CN(CCN)Cc1nn(C)cc1C1CCC2(CC1)CC(C)(C)CO2. The molecule has 0 bridgehead atoms. The predicted molar refractivity (Wildman–Crippen MR) is 96.9 cm³/mol. The van der Waals surface area contributed by atoms with Crippen LogP contribution in [0.4, 0.5) is 0 Å². The summed E-state index contributed by atoms with van der Waals surface area (Å²) in [5.41, 5.74) is 8.83. The molecule has 2 heterocycles. The number of aryl methyl sites for hydroxylation is 1. The summed E-state index contributed by atoms with van der Waals surface area (Å²) >= 11 is 0. The Morgan fingerprint density at radius 1 is 1.38 bits per heavy atom. The van der Waals surface area contributed by atoms with E-state index >= 15 is 0 Å². The van der Waals surface area contributed by atoms with Crippen molar-refractivity contribution in [1.29, 1.82) is 0 Å². The van der Waals surface area contributed by atoms with E-state index in [0.29, 0.717) is 17.9 Å². The molecule has 136 valence electrons. The molecule has 5 heteroatoms. The summed E-state index contributed by atoms with van der Waals surface area (Å²) < 4.78 is 8.24. The average molecular weight is 335 g/mol. The van der Waals surface area contributed by atoms with Crippen LogP contribution in [-0.4, -0.2) is 47.0 Å². The van der Waals surface area contributed by atoms with Gasteiger partial charge in [-0.3, -0.25) is 9.58 Å². The third-order valence-corrected chi connectivity index (χ3v) is 5.77. The van der Waals surface area contributed by atoms with E-state index in [9.17, 15) is 0 Å². The Labute approximate surface area is 146 Å². The number of hydrogen-bond donors (Lipinski definition) is 1. The molecule has 0 amide bonds. The van der Waals surface area contributed by atoms with Gasteiger partial charge in [-0.1, -0.05) is 13.8 Å². The molecule has 0 atom stereocenters. The molecule has 1 saturated carbocycles. The molecule has 1 saturated heterocycles. The molecule has 2 N–H and O–H groups in total. The number of ether oxygens (including phenoxy) is 1. The highest BCUT2D eigenvalue weighted by Gasteiger charge is 2.46. The van der Waals surface area contributed by atoms with Gasteiger partial charge in [0.15, 0.2) is 0 Å². The van der Waals surface area contributed by atoms with Crippen LogP contribution in [0.3, 0.4) is 0 Å². The van der Waals surface area contributed by atoms with Crippen LogP contribution in [0, 0.1) is 5.41 Å². The first-order valence-electron chi connectivity index (χ1n) is 9.37. The smallest absolute Gasteiger partial charge is 0.0799 e. The monoisotopic (exact) mass is 334 g/mol. The van der Waals surface area contributed by atoms with Crippen molar-refractivity contribution < 1.29 is 4.74 Å². The number of nitrogens with two attached hydrogens (primary N) is 1. The normalized spacial score (nSPS) is 29.7. The molecule has 0 radical (unpaired) electrons. The second-order valence-electron chi connectivity index (χ2n) is 8.82. The average Bonchev–Trinajstić information content (AvgIpc) is 3.00. The fraction of sp³-hybridized carbons (Fsp3) is 0.842. The Morgan fingerprint density at radius 2 is 2.08 bits per heavy atom. The van der Waals surface area contributed by atoms with Gasteiger partial charge in [0.1, 0.15) is 0 Å². The summed E-state index contributed by atoms with van der Waals surface area (Å²) in [5.74, 6) is 0.623. The van der Waals surface area contributed by atoms with E-state index < -0.39 is 0 Å². The van der Waals surface area contributed by atoms with Crippen molar-refractivity contribution in [2.45, 2.75) is 64.0 Å². The van der Waals surface area contributed by atoms with Gasteiger partial charge in [-0.2, -0.15) is 5.10 Å². The van der Waals surface area contributed by atoms with Crippen LogP contribution >= 0.6 is 0 Å². The van der Waals surface area contributed by atoms with Crippen molar-refractivity contribution in [3.8, 4) is 0 Å². The highest BCUT2D eigenvalue weighted by Crippen LogP contribution is 2.50. The van der Waals surface area contributed by atoms with E-state index in [2.05, 4.69) is 32.0 Å². The van der Waals surface area contributed by atoms with Crippen molar-refractivity contribution >= 4 is 0 Å². The number of aromatic nitrogens is 2. The van der Waals surface area contributed by atoms with Crippen molar-refractivity contribution in [2.24, 2.45) is 18.2 Å². The third kappa shape index (κ3) is 3.84. The molecule has 2 fully saturated rings. The van der Waals surface area contributed by atoms with Gasteiger partial charge >= 0.3 is 0 Å². The Bertz CT molecular complexity index is 558. The molecule has 24 heavy (non-hydrogen) atoms. The molecule has 1 spiro atoms. The fourth-order valence-corrected chi connectivity index (χ4v) is 4.67. The number of rotatable bonds is 5. The minimum Gasteiger partial charge on any atom is -0.374 e. The largest absolute Gasteiger partial charge is 0.374 e. The first kappa shape index (κ1) is 17.9. The Balaban J connectivity index is 1.66. The van der Waals surface area contributed by atoms with Crippen molar-refractivity contribution in [2.75, 3.05) is 26.7 Å². The van der Waals surface area contributed by atoms with Crippen LogP contribution in [0.25, 0.3) is 0 Å². The molecule has 3 rings (SSSR count). The zero-order valence-corrected chi connectivity index (χ0v) is 15.8. The lowest BCUT2D eigenvalue weighted by molar-refractivity contribution is -0.0294. The van der Waals surface area contributed by atoms with E-state index in [1.165, 1.54) is 43.4 Å². The van der Waals surface area contributed by atoms with E-state index in [1.54, 1.807) is 0 Å². The summed E-state index contributed by atoms with van der Waals surface area (Å²) in [7, 11) is 4.15. The Kier molecular flexibility index (Phi) is 5.05. The summed E-state index contributed by atoms with van der Waals surface area (Å²) in [6.45, 7) is 8.07. The molecule has 1 aliphatic heterocycles. The van der Waals surface area contributed by atoms with Gasteiger partial charge in [0.05, 0.1) is 17.9 Å². The topological polar surface area (TPSA) is 56.3 Å². The Morgan fingerprint density at radius 3 is 2.67 bits per heavy atom. The van der Waals surface area contributed by atoms with Crippen LogP contribution in [0.2, 0.25) is 0 Å². The summed E-state index contributed by atoms with van der Waals surface area (Å²) in [6, 6.07) is 0. The predicted octanol–water partition coefficient (Wildman–Crippen LogP) is 2.65. The number of hydrogen-bond acceptors (Lipinski definition) is 4. The third-order valence-electron chi connectivity index (χ3n) is 5.77. The first-order chi connectivity index (χ1) is 11.3. The maximum absolute atomic E-state index is 6.27. The summed E-state index contributed by atoms with van der Waals surface area (Å²) in [6.07, 6.45) is 8.26. The lowest BCUT2D eigenvalue weighted by Gasteiger charge is -2.37. The lowest BCUT2D eigenvalue weighted by Crippen LogP contribution is -2.33. The zero-order valence-electron chi connectivity index (χ0n) is 15.8. The standard InChI is InChI=1S/C19H34N4O/c1-18(2)13-19(24-14-18)7-5-15(6-8-19)16-11-23(4)21-17(16)12-22(3)10-9-20/h11,15H,5-10,12-14,20H2,1-4H3. The Hall–Kier alpha value is -0.910. The van der Waals surface area contributed by atoms with E-state index in [1.807, 2.05) is 11.7 Å². The molecule has 5 nitrogen and oxygen atoms in total. The van der Waals surface area contributed by atoms with Crippen molar-refractivity contribution in [3.63, 3.8) is 0 Å².